The van der Waals surface area contributed by atoms with Crippen LogP contribution in [-0.4, -0.2) is 30.1 Å². The second kappa shape index (κ2) is 7.71. The zero-order valence-electron chi connectivity index (χ0n) is 13.6. The largest absolute Gasteiger partial charge is 0.263 e. The van der Waals surface area contributed by atoms with Crippen LogP contribution in [0, 0.1) is 11.6 Å². The number of hydrogen-bond donors (Lipinski definition) is 2. The zero-order chi connectivity index (χ0) is 18.6. The molecule has 0 bridgehead atoms. The highest BCUT2D eigenvalue weighted by Crippen LogP contribution is 2.13. The molecule has 0 aliphatic heterocycles. The van der Waals surface area contributed by atoms with Gasteiger partial charge < -0.3 is 0 Å². The van der Waals surface area contributed by atoms with Gasteiger partial charge in [-0.1, -0.05) is 30.3 Å². The summed E-state index contributed by atoms with van der Waals surface area (Å²) in [4.78, 5) is 3.84. The molecule has 0 spiro atoms. The molecule has 0 atom stereocenters. The van der Waals surface area contributed by atoms with Crippen molar-refractivity contribution in [2.24, 2.45) is 0 Å². The van der Waals surface area contributed by atoms with Gasteiger partial charge in [-0.3, -0.25) is 5.10 Å². The Kier molecular flexibility index (Phi) is 5.38. The van der Waals surface area contributed by atoms with Crippen molar-refractivity contribution < 1.29 is 17.2 Å². The average Bonchev–Trinajstić information content (AvgIpc) is 3.02. The Labute approximate surface area is 149 Å². The van der Waals surface area contributed by atoms with E-state index in [-0.39, 0.29) is 13.0 Å². The van der Waals surface area contributed by atoms with Crippen LogP contribution in [0.1, 0.15) is 17.2 Å². The molecule has 0 unspecified atom stereocenters. The molecule has 0 aliphatic rings. The molecule has 6 nitrogen and oxygen atoms in total. The number of sulfonamides is 1. The van der Waals surface area contributed by atoms with Crippen molar-refractivity contribution in [2.75, 3.05) is 6.54 Å². The first kappa shape index (κ1) is 18.2. The number of benzene rings is 2. The molecule has 3 rings (SSSR count). The Morgan fingerprint density at radius 1 is 1.04 bits per heavy atom. The summed E-state index contributed by atoms with van der Waals surface area (Å²) in [5.74, 6) is -0.792. The first-order valence-corrected chi connectivity index (χ1v) is 9.30. The second-order valence-corrected chi connectivity index (χ2v) is 7.38. The van der Waals surface area contributed by atoms with E-state index in [1.165, 1.54) is 0 Å². The van der Waals surface area contributed by atoms with Crippen LogP contribution in [-0.2, 0) is 22.9 Å². The third-order valence-electron chi connectivity index (χ3n) is 3.58. The fourth-order valence-electron chi connectivity index (χ4n) is 2.38. The molecule has 1 heterocycles. The molecular weight excluding hydrogens is 362 g/mol. The molecule has 0 amide bonds. The number of aromatic amines is 1. The minimum absolute atomic E-state index is 0.00307. The summed E-state index contributed by atoms with van der Waals surface area (Å²) in [6.45, 7) is 0.00307. The van der Waals surface area contributed by atoms with E-state index in [2.05, 4.69) is 19.9 Å². The summed E-state index contributed by atoms with van der Waals surface area (Å²) >= 11 is 0. The molecule has 0 aliphatic carbocycles. The Bertz CT molecular complexity index is 971. The van der Waals surface area contributed by atoms with Crippen LogP contribution in [0.15, 0.2) is 53.4 Å². The number of H-pyrrole nitrogens is 1. The maximum absolute atomic E-state index is 13.2. The highest BCUT2D eigenvalue weighted by atomic mass is 32.2. The first-order chi connectivity index (χ1) is 12.4. The highest BCUT2D eigenvalue weighted by Gasteiger charge is 2.16. The van der Waals surface area contributed by atoms with Gasteiger partial charge in [-0.05, 0) is 17.7 Å². The van der Waals surface area contributed by atoms with Crippen molar-refractivity contribution in [3.8, 4) is 0 Å². The summed E-state index contributed by atoms with van der Waals surface area (Å²) in [7, 11) is -4.01. The second-order valence-electron chi connectivity index (χ2n) is 5.61. The normalized spacial score (nSPS) is 11.6. The maximum Gasteiger partial charge on any atom is 0.240 e. The standard InChI is InChI=1S/C17H16F2N4O2S/c18-13-9-14(19)11-15(10-13)26(24,25)20-7-6-16-21-17(23-22-16)8-12-4-2-1-3-5-12/h1-5,9-11,20H,6-8H2,(H,21,22,23). The van der Waals surface area contributed by atoms with E-state index in [4.69, 9.17) is 0 Å². The van der Waals surface area contributed by atoms with Crippen molar-refractivity contribution in [3.05, 3.63) is 77.4 Å². The van der Waals surface area contributed by atoms with Gasteiger partial charge in [0.1, 0.15) is 17.5 Å². The Morgan fingerprint density at radius 3 is 2.42 bits per heavy atom. The predicted octanol–water partition coefficient (Wildman–Crippen LogP) is 2.19. The first-order valence-electron chi connectivity index (χ1n) is 7.82. The van der Waals surface area contributed by atoms with Gasteiger partial charge in [0.15, 0.2) is 5.82 Å². The fraction of sp³-hybridized carbons (Fsp3) is 0.176. The van der Waals surface area contributed by atoms with Crippen LogP contribution in [0.4, 0.5) is 8.78 Å². The van der Waals surface area contributed by atoms with Gasteiger partial charge in [-0.15, -0.1) is 0 Å². The summed E-state index contributed by atoms with van der Waals surface area (Å²) in [5, 5.41) is 6.85. The van der Waals surface area contributed by atoms with Gasteiger partial charge in [0.2, 0.25) is 10.0 Å². The minimum Gasteiger partial charge on any atom is -0.263 e. The van der Waals surface area contributed by atoms with Crippen molar-refractivity contribution in [3.63, 3.8) is 0 Å². The van der Waals surface area contributed by atoms with Gasteiger partial charge in [-0.25, -0.2) is 26.9 Å². The summed E-state index contributed by atoms with van der Waals surface area (Å²) in [6.07, 6.45) is 0.824. The van der Waals surface area contributed by atoms with Crippen LogP contribution < -0.4 is 4.72 Å². The lowest BCUT2D eigenvalue weighted by atomic mass is 10.1. The molecule has 2 aromatic carbocycles. The number of rotatable bonds is 7. The maximum atomic E-state index is 13.2. The van der Waals surface area contributed by atoms with Crippen LogP contribution in [0.3, 0.4) is 0 Å². The smallest absolute Gasteiger partial charge is 0.240 e. The quantitative estimate of drug-likeness (QED) is 0.660. The van der Waals surface area contributed by atoms with Crippen LogP contribution in [0.25, 0.3) is 0 Å². The average molecular weight is 378 g/mol. The monoisotopic (exact) mass is 378 g/mol. The molecule has 26 heavy (non-hydrogen) atoms. The topological polar surface area (TPSA) is 87.7 Å². The summed E-state index contributed by atoms with van der Waals surface area (Å²) in [5.41, 5.74) is 1.07. The van der Waals surface area contributed by atoms with Crippen LogP contribution in [0.2, 0.25) is 0 Å². The van der Waals surface area contributed by atoms with Gasteiger partial charge >= 0.3 is 0 Å². The third-order valence-corrected chi connectivity index (χ3v) is 5.02. The Morgan fingerprint density at radius 2 is 1.73 bits per heavy atom. The van der Waals surface area contributed by atoms with Crippen LogP contribution in [0.5, 0.6) is 0 Å². The SMILES string of the molecule is O=S(=O)(NCCc1n[nH]c(Cc2ccccc2)n1)c1cc(F)cc(F)c1. The lowest BCUT2D eigenvalue weighted by Gasteiger charge is -2.06. The van der Waals surface area contributed by atoms with Crippen molar-refractivity contribution in [1.29, 1.82) is 0 Å². The molecule has 0 saturated carbocycles. The number of nitrogens with one attached hydrogen (secondary N) is 2. The van der Waals surface area contributed by atoms with Crippen molar-refractivity contribution in [2.45, 2.75) is 17.7 Å². The van der Waals surface area contributed by atoms with E-state index >= 15 is 0 Å². The molecule has 0 fully saturated rings. The highest BCUT2D eigenvalue weighted by molar-refractivity contribution is 7.89. The molecular formula is C17H16F2N4O2S. The molecule has 2 N–H and O–H groups in total. The van der Waals surface area contributed by atoms with Crippen LogP contribution >= 0.6 is 0 Å². The van der Waals surface area contributed by atoms with Crippen molar-refractivity contribution >= 4 is 10.0 Å². The minimum atomic E-state index is -4.01. The molecule has 0 saturated heterocycles. The van der Waals surface area contributed by atoms with E-state index in [0.29, 0.717) is 24.1 Å². The fourth-order valence-corrected chi connectivity index (χ4v) is 3.45. The lowest BCUT2D eigenvalue weighted by Crippen LogP contribution is -2.26. The van der Waals surface area contributed by atoms with E-state index < -0.39 is 26.6 Å². The molecule has 1 aromatic heterocycles. The van der Waals surface area contributed by atoms with Gasteiger partial charge in [0, 0.05) is 25.5 Å². The van der Waals surface area contributed by atoms with Gasteiger partial charge in [0.05, 0.1) is 4.90 Å². The zero-order valence-corrected chi connectivity index (χ0v) is 14.4. The van der Waals surface area contributed by atoms with E-state index in [0.717, 1.165) is 17.7 Å². The number of nitrogens with zero attached hydrogens (tertiary/aromatic N) is 2. The Balaban J connectivity index is 1.58. The Hall–Kier alpha value is -2.65. The van der Waals surface area contributed by atoms with E-state index in [1.807, 2.05) is 30.3 Å². The van der Waals surface area contributed by atoms with E-state index in [9.17, 15) is 17.2 Å². The number of halogens is 2. The van der Waals surface area contributed by atoms with E-state index in [1.54, 1.807) is 0 Å². The number of hydrogen-bond acceptors (Lipinski definition) is 4. The van der Waals surface area contributed by atoms with Gasteiger partial charge in [-0.2, -0.15) is 5.10 Å². The molecule has 136 valence electrons. The lowest BCUT2D eigenvalue weighted by molar-refractivity contribution is 0.561. The summed E-state index contributed by atoms with van der Waals surface area (Å²) in [6, 6.07) is 11.8. The van der Waals surface area contributed by atoms with Gasteiger partial charge in [0.25, 0.3) is 0 Å². The molecule has 9 heteroatoms. The third kappa shape index (κ3) is 4.70. The predicted molar refractivity (Wildman–Crippen MR) is 90.9 cm³/mol. The number of aromatic nitrogens is 3. The van der Waals surface area contributed by atoms with Crippen molar-refractivity contribution in [1.82, 2.24) is 19.9 Å². The molecule has 3 aromatic rings. The summed E-state index contributed by atoms with van der Waals surface area (Å²) < 4.78 is 52.8. The molecule has 0 radical (unpaired) electrons.